The van der Waals surface area contributed by atoms with Crippen molar-refractivity contribution in [3.63, 3.8) is 0 Å². The van der Waals surface area contributed by atoms with Gasteiger partial charge in [0.1, 0.15) is 17.8 Å². The lowest BCUT2D eigenvalue weighted by atomic mass is 9.99. The smallest absolute Gasteiger partial charge is 0.291 e. The van der Waals surface area contributed by atoms with Crippen LogP contribution < -0.4 is 5.56 Å². The zero-order chi connectivity index (χ0) is 19.8. The van der Waals surface area contributed by atoms with Gasteiger partial charge in [-0.2, -0.15) is 5.10 Å². The summed E-state index contributed by atoms with van der Waals surface area (Å²) in [6.45, 7) is 7.20. The monoisotopic (exact) mass is 384 g/mol. The molecule has 3 aromatic rings. The van der Waals surface area contributed by atoms with Gasteiger partial charge >= 0.3 is 0 Å². The van der Waals surface area contributed by atoms with E-state index in [0.717, 1.165) is 24.1 Å². The first-order chi connectivity index (χ1) is 13.5. The van der Waals surface area contributed by atoms with E-state index in [9.17, 15) is 14.7 Å². The second-order valence-electron chi connectivity index (χ2n) is 7.37. The molecule has 1 aliphatic heterocycles. The molecule has 1 N–H and O–H groups in total. The van der Waals surface area contributed by atoms with Crippen molar-refractivity contribution in [1.29, 1.82) is 0 Å². The zero-order valence-corrected chi connectivity index (χ0v) is 15.9. The fraction of sp³-hybridized carbons (Fsp3) is 0.450. The van der Waals surface area contributed by atoms with Gasteiger partial charge in [0.15, 0.2) is 5.58 Å². The second-order valence-corrected chi connectivity index (χ2v) is 7.37. The maximum atomic E-state index is 13.1. The van der Waals surface area contributed by atoms with Gasteiger partial charge in [0.2, 0.25) is 5.91 Å². The van der Waals surface area contributed by atoms with Crippen molar-refractivity contribution >= 4 is 27.9 Å². The third-order valence-electron chi connectivity index (χ3n) is 5.39. The molecule has 8 heteroatoms. The molecular weight excluding hydrogens is 360 g/mol. The molecule has 148 valence electrons. The van der Waals surface area contributed by atoms with Crippen molar-refractivity contribution in [2.24, 2.45) is 5.92 Å². The Morgan fingerprint density at radius 1 is 1.50 bits per heavy atom. The molecule has 4 heterocycles. The normalized spacial score (nSPS) is 17.5. The SMILES string of the molecule is C=CCn1c2cc(C)oc2c2cnn(CC(=O)N3CCC[C@@H](CO)C3)c(=O)c21. The zero-order valence-electron chi connectivity index (χ0n) is 15.9. The first kappa shape index (κ1) is 18.5. The number of fused-ring (bicyclic) bond motifs is 3. The number of likely N-dealkylation sites (tertiary alicyclic amines) is 1. The molecule has 0 aliphatic carbocycles. The predicted octanol–water partition coefficient (Wildman–Crippen LogP) is 1.67. The topological polar surface area (TPSA) is 93.5 Å². The van der Waals surface area contributed by atoms with Gasteiger partial charge in [0, 0.05) is 32.3 Å². The predicted molar refractivity (Wildman–Crippen MR) is 105 cm³/mol. The highest BCUT2D eigenvalue weighted by atomic mass is 16.3. The number of carbonyl (C=O) groups is 1. The number of amides is 1. The molecule has 0 unspecified atom stereocenters. The van der Waals surface area contributed by atoms with Crippen LogP contribution in [0.15, 0.2) is 34.1 Å². The maximum Gasteiger partial charge on any atom is 0.291 e. The van der Waals surface area contributed by atoms with Crippen LogP contribution in [0.1, 0.15) is 18.6 Å². The summed E-state index contributed by atoms with van der Waals surface area (Å²) < 4.78 is 8.82. The number of piperidine rings is 1. The first-order valence-electron chi connectivity index (χ1n) is 9.51. The van der Waals surface area contributed by atoms with Crippen LogP contribution in [0.3, 0.4) is 0 Å². The molecule has 0 saturated carbocycles. The Morgan fingerprint density at radius 2 is 2.32 bits per heavy atom. The minimum Gasteiger partial charge on any atom is -0.459 e. The summed E-state index contributed by atoms with van der Waals surface area (Å²) >= 11 is 0. The van der Waals surface area contributed by atoms with E-state index < -0.39 is 0 Å². The highest BCUT2D eigenvalue weighted by molar-refractivity contribution is 6.04. The van der Waals surface area contributed by atoms with E-state index in [2.05, 4.69) is 11.7 Å². The number of aliphatic hydroxyl groups is 1. The van der Waals surface area contributed by atoms with Crippen molar-refractivity contribution in [2.75, 3.05) is 19.7 Å². The van der Waals surface area contributed by atoms with Crippen molar-refractivity contribution in [3.8, 4) is 0 Å². The van der Waals surface area contributed by atoms with Gasteiger partial charge in [-0.05, 0) is 25.7 Å². The maximum absolute atomic E-state index is 13.1. The van der Waals surface area contributed by atoms with E-state index >= 15 is 0 Å². The Balaban J connectivity index is 1.71. The third-order valence-corrected chi connectivity index (χ3v) is 5.39. The summed E-state index contributed by atoms with van der Waals surface area (Å²) in [5, 5.41) is 14.2. The van der Waals surface area contributed by atoms with Gasteiger partial charge < -0.3 is 19.0 Å². The first-order valence-corrected chi connectivity index (χ1v) is 9.51. The van der Waals surface area contributed by atoms with Crippen LogP contribution in [0, 0.1) is 12.8 Å². The fourth-order valence-electron chi connectivity index (χ4n) is 4.02. The molecule has 3 aromatic heterocycles. The molecular formula is C20H24N4O4. The molecule has 0 spiro atoms. The Hall–Kier alpha value is -2.87. The van der Waals surface area contributed by atoms with E-state index in [-0.39, 0.29) is 30.5 Å². The Morgan fingerprint density at radius 3 is 3.07 bits per heavy atom. The number of aromatic nitrogens is 3. The van der Waals surface area contributed by atoms with Gasteiger partial charge in [0.25, 0.3) is 5.56 Å². The lowest BCUT2D eigenvalue weighted by molar-refractivity contribution is -0.134. The largest absolute Gasteiger partial charge is 0.459 e. The average Bonchev–Trinajstić information content (AvgIpc) is 3.21. The molecule has 1 saturated heterocycles. The standard InChI is InChI=1S/C20H24N4O4/c1-3-6-23-16-8-13(2)28-19(16)15-9-21-24(20(27)18(15)23)11-17(26)22-7-4-5-14(10-22)12-25/h3,8-9,14,25H,1,4-7,10-12H2,2H3/t14-/m1/s1. The molecule has 0 bridgehead atoms. The molecule has 28 heavy (non-hydrogen) atoms. The molecule has 8 nitrogen and oxygen atoms in total. The van der Waals surface area contributed by atoms with Gasteiger partial charge in [-0.3, -0.25) is 9.59 Å². The molecule has 1 atom stereocenters. The minimum absolute atomic E-state index is 0.0709. The highest BCUT2D eigenvalue weighted by Gasteiger charge is 2.25. The van der Waals surface area contributed by atoms with Gasteiger partial charge in [-0.25, -0.2) is 4.68 Å². The summed E-state index contributed by atoms with van der Waals surface area (Å²) in [7, 11) is 0. The van der Waals surface area contributed by atoms with Gasteiger partial charge in [-0.15, -0.1) is 6.58 Å². The third kappa shape index (κ3) is 3.03. The lowest BCUT2D eigenvalue weighted by Crippen LogP contribution is -2.44. The van der Waals surface area contributed by atoms with Crippen LogP contribution in [0.5, 0.6) is 0 Å². The summed E-state index contributed by atoms with van der Waals surface area (Å²) in [6, 6.07) is 1.89. The second kappa shape index (κ2) is 7.27. The van der Waals surface area contributed by atoms with Crippen LogP contribution in [-0.4, -0.2) is 50.0 Å². The van der Waals surface area contributed by atoms with Gasteiger partial charge in [0.05, 0.1) is 17.1 Å². The molecule has 1 aliphatic rings. The number of allylic oxidation sites excluding steroid dienone is 1. The Labute approximate surface area is 161 Å². The summed E-state index contributed by atoms with van der Waals surface area (Å²) in [5.74, 6) is 0.700. The van der Waals surface area contributed by atoms with Crippen molar-refractivity contribution in [1.82, 2.24) is 19.2 Å². The van der Waals surface area contributed by atoms with Crippen LogP contribution in [0.4, 0.5) is 0 Å². The number of furan rings is 1. The number of hydrogen-bond acceptors (Lipinski definition) is 5. The van der Waals surface area contributed by atoms with Crippen LogP contribution in [0.2, 0.25) is 0 Å². The Bertz CT molecular complexity index is 1110. The molecule has 4 rings (SSSR count). The van der Waals surface area contributed by atoms with E-state index in [1.807, 2.05) is 17.6 Å². The van der Waals surface area contributed by atoms with Crippen molar-refractivity contribution < 1.29 is 14.3 Å². The summed E-state index contributed by atoms with van der Waals surface area (Å²) in [6.07, 6.45) is 5.08. The molecule has 1 amide bonds. The summed E-state index contributed by atoms with van der Waals surface area (Å²) in [4.78, 5) is 27.5. The number of hydrogen-bond donors (Lipinski definition) is 1. The van der Waals surface area contributed by atoms with Crippen LogP contribution >= 0.6 is 0 Å². The van der Waals surface area contributed by atoms with Crippen molar-refractivity contribution in [3.05, 3.63) is 41.0 Å². The Kier molecular flexibility index (Phi) is 4.80. The number of aliphatic hydroxyl groups excluding tert-OH is 1. The van der Waals surface area contributed by atoms with E-state index in [1.54, 1.807) is 17.2 Å². The van der Waals surface area contributed by atoms with Crippen molar-refractivity contribution in [2.45, 2.75) is 32.9 Å². The van der Waals surface area contributed by atoms with E-state index in [4.69, 9.17) is 4.42 Å². The highest BCUT2D eigenvalue weighted by Crippen LogP contribution is 2.29. The fourth-order valence-corrected chi connectivity index (χ4v) is 4.02. The van der Waals surface area contributed by atoms with E-state index in [0.29, 0.717) is 36.1 Å². The molecule has 1 fully saturated rings. The van der Waals surface area contributed by atoms with Crippen LogP contribution in [0.25, 0.3) is 22.0 Å². The number of rotatable bonds is 5. The quantitative estimate of drug-likeness (QED) is 0.676. The molecule has 0 radical (unpaired) electrons. The van der Waals surface area contributed by atoms with E-state index in [1.165, 1.54) is 4.68 Å². The lowest BCUT2D eigenvalue weighted by Gasteiger charge is -2.31. The number of nitrogens with zero attached hydrogens (tertiary/aromatic N) is 4. The minimum atomic E-state index is -0.326. The molecule has 0 aromatic carbocycles. The average molecular weight is 384 g/mol. The van der Waals surface area contributed by atoms with Crippen LogP contribution in [-0.2, 0) is 17.9 Å². The number of carbonyl (C=O) groups excluding carboxylic acids is 1. The number of aryl methyl sites for hydroxylation is 1. The summed E-state index contributed by atoms with van der Waals surface area (Å²) in [5.41, 5.74) is 1.58. The van der Waals surface area contributed by atoms with Gasteiger partial charge in [-0.1, -0.05) is 6.08 Å².